The minimum atomic E-state index is -0.183. The minimum Gasteiger partial charge on any atom is -0.495 e. The van der Waals surface area contributed by atoms with E-state index in [-0.39, 0.29) is 11.5 Å². The van der Waals surface area contributed by atoms with E-state index in [0.717, 1.165) is 15.9 Å². The standard InChI is InChI=1S/C22H23BrN4O3/c1-3-27-21(28)16-9-8-15(23)14-17(16)20(24-27)22(29)26-12-10-25(11-13-26)18-6-4-5-7-19(18)30-2/h4-9,14H,3,10-13H2,1-2H3. The zero-order chi connectivity index (χ0) is 21.3. The van der Waals surface area contributed by atoms with Crippen LogP contribution in [0.2, 0.25) is 0 Å². The molecule has 0 atom stereocenters. The Morgan fingerprint density at radius 1 is 1.10 bits per heavy atom. The number of ether oxygens (including phenoxy) is 1. The van der Waals surface area contributed by atoms with Gasteiger partial charge < -0.3 is 14.5 Å². The SMILES string of the molecule is CCn1nc(C(=O)N2CCN(c3ccccc3OC)CC2)c2cc(Br)ccc2c1=O. The molecular weight excluding hydrogens is 448 g/mol. The van der Waals surface area contributed by atoms with Crippen LogP contribution in [0.1, 0.15) is 17.4 Å². The Morgan fingerprint density at radius 2 is 1.83 bits per heavy atom. The molecule has 3 aromatic rings. The summed E-state index contributed by atoms with van der Waals surface area (Å²) in [6.45, 7) is 4.78. The molecule has 1 aliphatic heterocycles. The minimum absolute atomic E-state index is 0.153. The Morgan fingerprint density at radius 3 is 2.53 bits per heavy atom. The highest BCUT2D eigenvalue weighted by atomic mass is 79.9. The summed E-state index contributed by atoms with van der Waals surface area (Å²) < 4.78 is 7.63. The van der Waals surface area contributed by atoms with E-state index < -0.39 is 0 Å². The van der Waals surface area contributed by atoms with Gasteiger partial charge in [-0.3, -0.25) is 9.59 Å². The smallest absolute Gasteiger partial charge is 0.275 e. The van der Waals surface area contributed by atoms with Crippen molar-refractivity contribution >= 4 is 38.3 Å². The van der Waals surface area contributed by atoms with Gasteiger partial charge in [-0.25, -0.2) is 4.68 Å². The number of methoxy groups -OCH3 is 1. The number of para-hydroxylation sites is 2. The molecular formula is C22H23BrN4O3. The lowest BCUT2D eigenvalue weighted by atomic mass is 10.1. The Bertz CT molecular complexity index is 1150. The van der Waals surface area contributed by atoms with Gasteiger partial charge in [-0.2, -0.15) is 5.10 Å². The third-order valence-electron chi connectivity index (χ3n) is 5.42. The van der Waals surface area contributed by atoms with E-state index in [9.17, 15) is 9.59 Å². The maximum absolute atomic E-state index is 13.4. The van der Waals surface area contributed by atoms with Gasteiger partial charge in [-0.1, -0.05) is 28.1 Å². The van der Waals surface area contributed by atoms with E-state index in [1.165, 1.54) is 4.68 Å². The number of piperazine rings is 1. The second-order valence-corrected chi connectivity index (χ2v) is 8.03. The molecule has 2 aromatic carbocycles. The number of hydrogen-bond acceptors (Lipinski definition) is 5. The van der Waals surface area contributed by atoms with E-state index in [4.69, 9.17) is 4.74 Å². The van der Waals surface area contributed by atoms with E-state index in [1.807, 2.05) is 37.3 Å². The molecule has 0 radical (unpaired) electrons. The van der Waals surface area contributed by atoms with Crippen molar-refractivity contribution in [2.24, 2.45) is 0 Å². The molecule has 1 aliphatic rings. The molecule has 0 bridgehead atoms. The zero-order valence-corrected chi connectivity index (χ0v) is 18.6. The second kappa shape index (κ2) is 8.47. The lowest BCUT2D eigenvalue weighted by Gasteiger charge is -2.36. The molecule has 1 saturated heterocycles. The summed E-state index contributed by atoms with van der Waals surface area (Å²) >= 11 is 3.44. The number of halogens is 1. The molecule has 2 heterocycles. The first kappa shape index (κ1) is 20.4. The number of carbonyl (C=O) groups is 1. The summed E-state index contributed by atoms with van der Waals surface area (Å²) in [6, 6.07) is 13.2. The van der Waals surface area contributed by atoms with Crippen molar-refractivity contribution in [2.75, 3.05) is 38.2 Å². The Kier molecular flexibility index (Phi) is 5.76. The molecule has 0 spiro atoms. The van der Waals surface area contributed by atoms with Gasteiger partial charge in [0.25, 0.3) is 11.5 Å². The summed E-state index contributed by atoms with van der Waals surface area (Å²) in [7, 11) is 1.66. The molecule has 0 unspecified atom stereocenters. The predicted molar refractivity (Wildman–Crippen MR) is 120 cm³/mol. The summed E-state index contributed by atoms with van der Waals surface area (Å²) in [4.78, 5) is 30.0. The number of rotatable bonds is 4. The van der Waals surface area contributed by atoms with Crippen molar-refractivity contribution in [1.82, 2.24) is 14.7 Å². The molecule has 1 fully saturated rings. The first-order chi connectivity index (χ1) is 14.5. The molecule has 4 rings (SSSR count). The van der Waals surface area contributed by atoms with E-state index in [0.29, 0.717) is 49.2 Å². The fourth-order valence-corrected chi connectivity index (χ4v) is 4.18. The average Bonchev–Trinajstić information content (AvgIpc) is 2.79. The quantitative estimate of drug-likeness (QED) is 0.585. The maximum atomic E-state index is 13.4. The topological polar surface area (TPSA) is 67.7 Å². The normalized spacial score (nSPS) is 14.2. The van der Waals surface area contributed by atoms with Crippen LogP contribution in [-0.4, -0.2) is 53.9 Å². The van der Waals surface area contributed by atoms with Gasteiger partial charge >= 0.3 is 0 Å². The summed E-state index contributed by atoms with van der Waals surface area (Å²) in [6.07, 6.45) is 0. The number of nitrogens with zero attached hydrogens (tertiary/aromatic N) is 4. The highest BCUT2D eigenvalue weighted by Crippen LogP contribution is 2.29. The first-order valence-electron chi connectivity index (χ1n) is 9.91. The fourth-order valence-electron chi connectivity index (χ4n) is 3.82. The van der Waals surface area contributed by atoms with Crippen LogP contribution in [0.5, 0.6) is 5.75 Å². The number of benzene rings is 2. The van der Waals surface area contributed by atoms with Crippen LogP contribution in [0.3, 0.4) is 0 Å². The van der Waals surface area contributed by atoms with Crippen molar-refractivity contribution < 1.29 is 9.53 Å². The van der Waals surface area contributed by atoms with Gasteiger partial charge in [0.15, 0.2) is 5.69 Å². The average molecular weight is 471 g/mol. The molecule has 1 aromatic heterocycles. The third-order valence-corrected chi connectivity index (χ3v) is 5.91. The number of aromatic nitrogens is 2. The highest BCUT2D eigenvalue weighted by molar-refractivity contribution is 9.10. The van der Waals surface area contributed by atoms with Crippen molar-refractivity contribution in [2.45, 2.75) is 13.5 Å². The maximum Gasteiger partial charge on any atom is 0.275 e. The second-order valence-electron chi connectivity index (χ2n) is 7.11. The van der Waals surface area contributed by atoms with E-state index in [1.54, 1.807) is 24.1 Å². The van der Waals surface area contributed by atoms with Crippen LogP contribution >= 0.6 is 15.9 Å². The molecule has 0 aliphatic carbocycles. The van der Waals surface area contributed by atoms with Gasteiger partial charge in [0.2, 0.25) is 0 Å². The zero-order valence-electron chi connectivity index (χ0n) is 17.0. The molecule has 0 N–H and O–H groups in total. The van der Waals surface area contributed by atoms with Crippen molar-refractivity contribution in [3.8, 4) is 5.75 Å². The van der Waals surface area contributed by atoms with Crippen LogP contribution < -0.4 is 15.2 Å². The fraction of sp³-hybridized carbons (Fsp3) is 0.318. The molecule has 7 nitrogen and oxygen atoms in total. The summed E-state index contributed by atoms with van der Waals surface area (Å²) in [5.41, 5.74) is 1.16. The van der Waals surface area contributed by atoms with Crippen LogP contribution in [0.15, 0.2) is 51.7 Å². The van der Waals surface area contributed by atoms with Crippen LogP contribution in [-0.2, 0) is 6.54 Å². The van der Waals surface area contributed by atoms with Crippen LogP contribution in [0.25, 0.3) is 10.8 Å². The molecule has 156 valence electrons. The first-order valence-corrected chi connectivity index (χ1v) is 10.7. The summed E-state index contributed by atoms with van der Waals surface area (Å²) in [5.74, 6) is 0.671. The Labute approximate surface area is 183 Å². The molecule has 0 saturated carbocycles. The number of amides is 1. The van der Waals surface area contributed by atoms with Crippen molar-refractivity contribution in [3.63, 3.8) is 0 Å². The molecule has 1 amide bonds. The van der Waals surface area contributed by atoms with E-state index >= 15 is 0 Å². The van der Waals surface area contributed by atoms with Gasteiger partial charge in [0, 0.05) is 42.6 Å². The number of anilines is 1. The Hall–Kier alpha value is -2.87. The van der Waals surface area contributed by atoms with Crippen LogP contribution in [0.4, 0.5) is 5.69 Å². The molecule has 8 heteroatoms. The van der Waals surface area contributed by atoms with Crippen molar-refractivity contribution in [1.29, 1.82) is 0 Å². The lowest BCUT2D eigenvalue weighted by molar-refractivity contribution is 0.0740. The lowest BCUT2D eigenvalue weighted by Crippen LogP contribution is -2.49. The van der Waals surface area contributed by atoms with Gasteiger partial charge in [-0.15, -0.1) is 0 Å². The van der Waals surface area contributed by atoms with Crippen LogP contribution in [0, 0.1) is 0 Å². The predicted octanol–water partition coefficient (Wildman–Crippen LogP) is 3.15. The molecule has 30 heavy (non-hydrogen) atoms. The number of hydrogen-bond donors (Lipinski definition) is 0. The number of aryl methyl sites for hydroxylation is 1. The van der Waals surface area contributed by atoms with Crippen molar-refractivity contribution in [3.05, 3.63) is 63.0 Å². The number of fused-ring (bicyclic) bond motifs is 1. The highest BCUT2D eigenvalue weighted by Gasteiger charge is 2.27. The van der Waals surface area contributed by atoms with Gasteiger partial charge in [0.1, 0.15) is 5.75 Å². The van der Waals surface area contributed by atoms with Gasteiger partial charge in [0.05, 0.1) is 18.2 Å². The van der Waals surface area contributed by atoms with E-state index in [2.05, 4.69) is 25.9 Å². The Balaban J connectivity index is 1.62. The summed E-state index contributed by atoms with van der Waals surface area (Å²) in [5, 5.41) is 5.48. The largest absolute Gasteiger partial charge is 0.495 e. The third kappa shape index (κ3) is 3.67. The number of carbonyl (C=O) groups excluding carboxylic acids is 1. The monoisotopic (exact) mass is 470 g/mol. The van der Waals surface area contributed by atoms with Gasteiger partial charge in [-0.05, 0) is 37.3 Å².